The second-order valence-corrected chi connectivity index (χ2v) is 17.0. The van der Waals surface area contributed by atoms with Crippen molar-refractivity contribution in [2.75, 3.05) is 9.80 Å². The van der Waals surface area contributed by atoms with Gasteiger partial charge >= 0.3 is 0 Å². The molecule has 6 nitrogen and oxygen atoms in total. The van der Waals surface area contributed by atoms with Crippen molar-refractivity contribution in [3.05, 3.63) is 188 Å². The van der Waals surface area contributed by atoms with E-state index in [0.29, 0.717) is 0 Å². The molecule has 15 rings (SSSR count). The van der Waals surface area contributed by atoms with Crippen LogP contribution in [-0.2, 0) is 0 Å². The van der Waals surface area contributed by atoms with E-state index in [4.69, 9.17) is 18.9 Å². The van der Waals surface area contributed by atoms with E-state index in [-0.39, 0.29) is 20.1 Å². The van der Waals surface area contributed by atoms with Crippen LogP contribution in [0, 0.1) is 0 Å². The second-order valence-electron chi connectivity index (χ2n) is 17.0. The number of fused-ring (bicyclic) bond motifs is 13. The van der Waals surface area contributed by atoms with Crippen LogP contribution in [0.15, 0.2) is 188 Å². The zero-order chi connectivity index (χ0) is 40.9. The normalized spacial score (nSPS) is 14.4. The lowest BCUT2D eigenvalue weighted by Gasteiger charge is -2.46. The zero-order valence-corrected chi connectivity index (χ0v) is 33.7. The number of para-hydroxylation sites is 4. The Hall–Kier alpha value is -8.03. The molecule has 0 aromatic heterocycles. The highest BCUT2D eigenvalue weighted by atomic mass is 16.5. The summed E-state index contributed by atoms with van der Waals surface area (Å²) in [6.45, 7) is -0.384. The monoisotopic (exact) mass is 804 g/mol. The summed E-state index contributed by atoms with van der Waals surface area (Å²) >= 11 is 0. The third-order valence-corrected chi connectivity index (χ3v) is 13.9. The highest BCUT2D eigenvalue weighted by molar-refractivity contribution is 7.04. The SMILES string of the molecule is c1ccc(N2c3cc4c(cc3B3c5c2cccc5N(c2ccccc2)c2ccc5c(c23)Oc2cccc3c2B5c2ccccc2O3)B2c3ccccc3Oc3cccc(c32)O4)cc1. The van der Waals surface area contributed by atoms with Gasteiger partial charge in [0.2, 0.25) is 0 Å². The summed E-state index contributed by atoms with van der Waals surface area (Å²) in [7, 11) is 0. The zero-order valence-electron chi connectivity index (χ0n) is 33.7. The van der Waals surface area contributed by atoms with Crippen LogP contribution < -0.4 is 77.9 Å². The quantitative estimate of drug-likeness (QED) is 0.172. The van der Waals surface area contributed by atoms with Crippen molar-refractivity contribution >= 4 is 103 Å². The number of ether oxygens (including phenoxy) is 4. The summed E-state index contributed by atoms with van der Waals surface area (Å²) < 4.78 is 27.5. The van der Waals surface area contributed by atoms with Crippen LogP contribution in [0.1, 0.15) is 0 Å². The molecule has 0 fully saturated rings. The van der Waals surface area contributed by atoms with Crippen molar-refractivity contribution in [2.24, 2.45) is 0 Å². The highest BCUT2D eigenvalue weighted by Gasteiger charge is 2.50. The third-order valence-electron chi connectivity index (χ3n) is 13.9. The molecule has 0 amide bonds. The number of anilines is 6. The van der Waals surface area contributed by atoms with Crippen molar-refractivity contribution in [1.29, 1.82) is 0 Å². The van der Waals surface area contributed by atoms with E-state index in [9.17, 15) is 0 Å². The summed E-state index contributed by atoms with van der Waals surface area (Å²) in [5.74, 6) is 6.79. The number of benzene rings is 9. The van der Waals surface area contributed by atoms with E-state index in [2.05, 4.69) is 186 Å². The van der Waals surface area contributed by atoms with Crippen molar-refractivity contribution in [3.8, 4) is 46.0 Å². The van der Waals surface area contributed by atoms with Crippen molar-refractivity contribution < 1.29 is 18.9 Å². The molecular weight excluding hydrogens is 773 g/mol. The molecule has 0 N–H and O–H groups in total. The first-order valence-corrected chi connectivity index (χ1v) is 21.6. The van der Waals surface area contributed by atoms with Crippen LogP contribution in [0.3, 0.4) is 0 Å². The fraction of sp³-hybridized carbons (Fsp3) is 0. The molecule has 0 aliphatic carbocycles. The fourth-order valence-electron chi connectivity index (χ4n) is 11.4. The molecule has 0 saturated heterocycles. The van der Waals surface area contributed by atoms with Gasteiger partial charge in [-0.3, -0.25) is 0 Å². The Morgan fingerprint density at radius 2 is 0.746 bits per heavy atom. The van der Waals surface area contributed by atoms with E-state index in [1.165, 1.54) is 10.9 Å². The average molecular weight is 804 g/mol. The predicted molar refractivity (Wildman–Crippen MR) is 256 cm³/mol. The Morgan fingerprint density at radius 1 is 0.270 bits per heavy atom. The summed E-state index contributed by atoms with van der Waals surface area (Å²) in [6, 6.07) is 66.8. The van der Waals surface area contributed by atoms with Crippen LogP contribution in [-0.4, -0.2) is 20.1 Å². The lowest BCUT2D eigenvalue weighted by Crippen LogP contribution is -2.66. The van der Waals surface area contributed by atoms with E-state index >= 15 is 0 Å². The van der Waals surface area contributed by atoms with E-state index in [1.54, 1.807) is 0 Å². The molecule has 9 aromatic rings. The molecule has 0 atom stereocenters. The topological polar surface area (TPSA) is 43.4 Å². The van der Waals surface area contributed by atoms with Gasteiger partial charge in [-0.1, -0.05) is 103 Å². The standard InChI is InChI=1S/C54H31B3N2O4/c1-3-14-32(15-4-1)58-39-20-11-21-40-50(39)57(51-41(58)29-28-36-54(51)63-48-27-13-25-46-53(48)55(36)34-18-7-9-22-43(34)60-46)37-30-38-49(31-42(37)59(40)33-16-5-2-6-17-33)62-47-26-12-24-45-52(47)56(38)35-19-8-10-23-44(35)61-45/h1-31H. The average Bonchev–Trinajstić information content (AvgIpc) is 3.33. The molecule has 0 saturated carbocycles. The third kappa shape index (κ3) is 4.45. The van der Waals surface area contributed by atoms with Gasteiger partial charge in [-0.05, 0) is 117 Å². The molecule has 6 aliphatic rings. The van der Waals surface area contributed by atoms with Gasteiger partial charge in [0.05, 0.1) is 0 Å². The minimum atomic E-state index is -0.215. The van der Waals surface area contributed by atoms with Crippen LogP contribution in [0.25, 0.3) is 0 Å². The van der Waals surface area contributed by atoms with Crippen LogP contribution in [0.4, 0.5) is 34.1 Å². The van der Waals surface area contributed by atoms with Gasteiger partial charge in [-0.15, -0.1) is 0 Å². The Bertz CT molecular complexity index is 3470. The van der Waals surface area contributed by atoms with E-state index in [1.807, 2.05) is 12.1 Å². The Morgan fingerprint density at radius 3 is 1.37 bits per heavy atom. The maximum absolute atomic E-state index is 7.37. The van der Waals surface area contributed by atoms with Crippen LogP contribution in [0.5, 0.6) is 46.0 Å². The summed E-state index contributed by atoms with van der Waals surface area (Å²) in [5, 5.41) is 0. The Labute approximate surface area is 364 Å². The molecule has 0 spiro atoms. The van der Waals surface area contributed by atoms with Crippen molar-refractivity contribution in [3.63, 3.8) is 0 Å². The maximum atomic E-state index is 7.37. The van der Waals surface area contributed by atoms with E-state index in [0.717, 1.165) is 118 Å². The first kappa shape index (κ1) is 33.7. The van der Waals surface area contributed by atoms with Gasteiger partial charge in [0.1, 0.15) is 46.0 Å². The molecular formula is C54H31B3N2O4. The van der Waals surface area contributed by atoms with Gasteiger partial charge in [-0.2, -0.15) is 0 Å². The van der Waals surface area contributed by atoms with Crippen molar-refractivity contribution in [2.45, 2.75) is 0 Å². The molecule has 0 unspecified atom stereocenters. The van der Waals surface area contributed by atoms with Gasteiger partial charge in [0.15, 0.2) is 0 Å². The Balaban J connectivity index is 1.06. The molecule has 0 bridgehead atoms. The lowest BCUT2D eigenvalue weighted by molar-refractivity contribution is 0.464. The van der Waals surface area contributed by atoms with Crippen LogP contribution >= 0.6 is 0 Å². The fourth-order valence-corrected chi connectivity index (χ4v) is 11.4. The smallest absolute Gasteiger partial charge is 0.260 e. The number of hydrogen-bond acceptors (Lipinski definition) is 6. The molecule has 0 radical (unpaired) electrons. The molecule has 6 aliphatic heterocycles. The molecule has 9 heteroatoms. The summed E-state index contributed by atoms with van der Waals surface area (Å²) in [6.07, 6.45) is 0. The first-order chi connectivity index (χ1) is 31.3. The molecule has 63 heavy (non-hydrogen) atoms. The van der Waals surface area contributed by atoms with E-state index < -0.39 is 0 Å². The van der Waals surface area contributed by atoms with Gasteiger partial charge in [0, 0.05) is 51.1 Å². The lowest BCUT2D eigenvalue weighted by atomic mass is 9.29. The van der Waals surface area contributed by atoms with Crippen molar-refractivity contribution in [1.82, 2.24) is 0 Å². The summed E-state index contributed by atoms with van der Waals surface area (Å²) in [4.78, 5) is 4.87. The number of rotatable bonds is 2. The first-order valence-electron chi connectivity index (χ1n) is 21.6. The van der Waals surface area contributed by atoms with Crippen LogP contribution in [0.2, 0.25) is 0 Å². The highest BCUT2D eigenvalue weighted by Crippen LogP contribution is 2.47. The summed E-state index contributed by atoms with van der Waals surface area (Å²) in [5.41, 5.74) is 16.7. The largest absolute Gasteiger partial charge is 0.459 e. The molecule has 6 heterocycles. The molecule has 290 valence electrons. The minimum absolute atomic E-state index is 0.0773. The number of nitrogens with zero attached hydrogens (tertiary/aromatic N) is 2. The second kappa shape index (κ2) is 12.3. The Kier molecular flexibility index (Phi) is 6.57. The predicted octanol–water partition coefficient (Wildman–Crippen LogP) is 7.22. The minimum Gasteiger partial charge on any atom is -0.459 e. The molecule has 9 aromatic carbocycles. The van der Waals surface area contributed by atoms with Gasteiger partial charge in [-0.25, -0.2) is 0 Å². The van der Waals surface area contributed by atoms with Gasteiger partial charge < -0.3 is 28.7 Å². The van der Waals surface area contributed by atoms with Gasteiger partial charge in [0.25, 0.3) is 20.1 Å². The number of hydrogen-bond donors (Lipinski definition) is 0. The maximum Gasteiger partial charge on any atom is 0.260 e.